The highest BCUT2D eigenvalue weighted by Gasteiger charge is 2.26. The van der Waals surface area contributed by atoms with Crippen molar-refractivity contribution in [2.75, 3.05) is 36.1 Å². The third-order valence-electron chi connectivity index (χ3n) is 11.8. The van der Waals surface area contributed by atoms with E-state index in [-0.39, 0.29) is 33.2 Å². The van der Waals surface area contributed by atoms with E-state index in [1.54, 1.807) is 29.7 Å². The van der Waals surface area contributed by atoms with Crippen molar-refractivity contribution in [2.24, 2.45) is 0 Å². The molecule has 0 spiro atoms. The lowest BCUT2D eigenvalue weighted by Crippen LogP contribution is -2.32. The number of nitrogens with zero attached hydrogens (tertiary/aromatic N) is 4. The molecule has 2 aromatic heterocycles. The molecule has 0 saturated heterocycles. The zero-order valence-electron chi connectivity index (χ0n) is 37.9. The number of halogens is 3. The van der Waals surface area contributed by atoms with Gasteiger partial charge in [-0.05, 0) is 112 Å². The smallest absolute Gasteiger partial charge is 0.369 e. The first-order valence-electron chi connectivity index (χ1n) is 22.6. The van der Waals surface area contributed by atoms with Crippen LogP contribution >= 0.6 is 47.3 Å². The van der Waals surface area contributed by atoms with E-state index in [0.717, 1.165) is 79.9 Å². The minimum absolute atomic E-state index is 0.0217. The molecule has 0 saturated carbocycles. The van der Waals surface area contributed by atoms with E-state index >= 15 is 0 Å². The van der Waals surface area contributed by atoms with E-state index in [0.29, 0.717) is 50.9 Å². The lowest BCUT2D eigenvalue weighted by Gasteiger charge is -2.18. The Bertz CT molecular complexity index is 2820. The number of rotatable bonds is 15. The second-order valence-electron chi connectivity index (χ2n) is 16.4. The first kappa shape index (κ1) is 51.0. The standard InChI is InChI=1S/C31H28N2O3.C24H22N2O3.BBr3/c34-30(15-8-23-7-4-17-32-20-23)26-11-9-25(10-12-26)27-13-14-29-28(19-27)16-18-33(29)31(35)22-36-21-24-5-2-1-3-6-24;27-16-24(29)26-13-11-21-14-20(8-9-22(21)26)18-4-6-19(7-5-18)23(28)10-3-17-2-1-12-25-15-17;2-1(3)4/h1-7,9-14,17,19-20H,8,15-16,18,21-22H2;1-2,4-9,12,14-15,27H,3,10-11,13,16H2;. The number of amides is 2. The molecule has 2 aliphatic rings. The van der Waals surface area contributed by atoms with E-state index in [2.05, 4.69) is 69.4 Å². The van der Waals surface area contributed by atoms with Crippen molar-refractivity contribution in [2.45, 2.75) is 45.1 Å². The molecule has 2 aliphatic heterocycles. The first-order chi connectivity index (χ1) is 33.6. The first-order valence-corrected chi connectivity index (χ1v) is 25.4. The molecule has 0 aliphatic carbocycles. The Labute approximate surface area is 428 Å². The number of aryl methyl sites for hydroxylation is 2. The fourth-order valence-electron chi connectivity index (χ4n) is 8.27. The molecule has 350 valence electrons. The average molecular weight is 1110 g/mol. The van der Waals surface area contributed by atoms with Gasteiger partial charge in [-0.15, -0.1) is 47.3 Å². The van der Waals surface area contributed by atoms with Crippen LogP contribution in [0.5, 0.6) is 0 Å². The van der Waals surface area contributed by atoms with Gasteiger partial charge < -0.3 is 19.6 Å². The normalized spacial score (nSPS) is 12.2. The molecule has 69 heavy (non-hydrogen) atoms. The zero-order chi connectivity index (χ0) is 48.5. The van der Waals surface area contributed by atoms with Crippen molar-refractivity contribution in [3.8, 4) is 22.3 Å². The molecule has 5 aromatic carbocycles. The van der Waals surface area contributed by atoms with Crippen LogP contribution in [0.1, 0.15) is 61.4 Å². The summed E-state index contributed by atoms with van der Waals surface area (Å²) >= 11 is 9.31. The summed E-state index contributed by atoms with van der Waals surface area (Å²) in [6.45, 7) is 1.28. The number of hydrogen-bond donors (Lipinski definition) is 1. The number of benzene rings is 5. The summed E-state index contributed by atoms with van der Waals surface area (Å²) in [4.78, 5) is 61.3. The van der Waals surface area contributed by atoms with Crippen LogP contribution in [0.15, 0.2) is 164 Å². The maximum atomic E-state index is 12.8. The zero-order valence-corrected chi connectivity index (χ0v) is 42.6. The van der Waals surface area contributed by atoms with E-state index in [1.165, 1.54) is 0 Å². The number of aromatic nitrogens is 2. The predicted octanol–water partition coefficient (Wildman–Crippen LogP) is 11.3. The number of carbonyl (C=O) groups excluding carboxylic acids is 4. The number of fused-ring (bicyclic) bond motifs is 2. The highest BCUT2D eigenvalue weighted by Crippen LogP contribution is 2.34. The summed E-state index contributed by atoms with van der Waals surface area (Å²) in [7, 11) is 0. The van der Waals surface area contributed by atoms with Gasteiger partial charge in [0, 0.05) is 73.2 Å². The number of Topliss-reactive ketones (excluding diaryl/α,β-unsaturated/α-hetero) is 2. The molecule has 9 rings (SSSR count). The quantitative estimate of drug-likeness (QED) is 0.0794. The van der Waals surface area contributed by atoms with Gasteiger partial charge in [0.2, 0.25) is 0 Å². The Morgan fingerprint density at radius 1 is 0.551 bits per heavy atom. The second-order valence-corrected chi connectivity index (χ2v) is 22.8. The number of hydrogen-bond acceptors (Lipinski definition) is 8. The fourth-order valence-corrected chi connectivity index (χ4v) is 8.27. The van der Waals surface area contributed by atoms with Gasteiger partial charge in [0.25, 0.3) is 11.8 Å². The van der Waals surface area contributed by atoms with Gasteiger partial charge in [0.1, 0.15) is 13.2 Å². The summed E-state index contributed by atoms with van der Waals surface area (Å²) in [6.07, 6.45) is 10.9. The minimum Gasteiger partial charge on any atom is -0.387 e. The van der Waals surface area contributed by atoms with Crippen molar-refractivity contribution in [3.63, 3.8) is 0 Å². The number of aliphatic hydroxyl groups is 1. The Hall–Kier alpha value is -5.90. The van der Waals surface area contributed by atoms with Gasteiger partial charge >= 0.3 is 3.18 Å². The number of aliphatic hydroxyl groups excluding tert-OH is 1. The maximum Gasteiger partial charge on any atom is 0.369 e. The number of anilines is 2. The molecular weight excluding hydrogens is 1060 g/mol. The van der Waals surface area contributed by atoms with Crippen LogP contribution in [-0.4, -0.2) is 67.9 Å². The van der Waals surface area contributed by atoms with Crippen molar-refractivity contribution in [1.29, 1.82) is 0 Å². The predicted molar refractivity (Wildman–Crippen MR) is 285 cm³/mol. The molecule has 0 atom stereocenters. The van der Waals surface area contributed by atoms with Gasteiger partial charge in [-0.25, -0.2) is 0 Å². The van der Waals surface area contributed by atoms with Gasteiger partial charge in [-0.1, -0.05) is 103 Å². The van der Waals surface area contributed by atoms with E-state index in [1.807, 2.05) is 132 Å². The fraction of sp³-hybridized carbons (Fsp3) is 0.200. The Morgan fingerprint density at radius 3 is 1.42 bits per heavy atom. The largest absolute Gasteiger partial charge is 0.387 e. The highest BCUT2D eigenvalue weighted by molar-refractivity contribution is 9.69. The molecule has 0 radical (unpaired) electrons. The summed E-state index contributed by atoms with van der Waals surface area (Å²) in [6, 6.07) is 45.2. The van der Waals surface area contributed by atoms with Crippen LogP contribution in [0.2, 0.25) is 0 Å². The van der Waals surface area contributed by atoms with Gasteiger partial charge in [0.05, 0.1) is 6.61 Å². The molecule has 0 unspecified atom stereocenters. The molecule has 0 fully saturated rings. The Balaban J connectivity index is 0.000000193. The molecule has 4 heterocycles. The number of carbonyl (C=O) groups is 4. The van der Waals surface area contributed by atoms with Crippen molar-refractivity contribution < 1.29 is 29.0 Å². The molecular formula is C55H50BBr3N4O6. The monoisotopic (exact) mass is 1110 g/mol. The third kappa shape index (κ3) is 14.6. The van der Waals surface area contributed by atoms with Crippen LogP contribution in [-0.2, 0) is 46.6 Å². The van der Waals surface area contributed by atoms with Gasteiger partial charge in [-0.2, -0.15) is 0 Å². The van der Waals surface area contributed by atoms with Gasteiger partial charge in [0.15, 0.2) is 11.6 Å². The van der Waals surface area contributed by atoms with Crippen molar-refractivity contribution in [1.82, 2.24) is 9.97 Å². The number of pyridine rings is 2. The maximum absolute atomic E-state index is 12.8. The van der Waals surface area contributed by atoms with Gasteiger partial charge in [-0.3, -0.25) is 29.1 Å². The lowest BCUT2D eigenvalue weighted by atomic mass is 9.98. The summed E-state index contributed by atoms with van der Waals surface area (Å²) in [5.74, 6) is -0.0484. The molecule has 14 heteroatoms. The highest BCUT2D eigenvalue weighted by atomic mass is 79.9. The second kappa shape index (κ2) is 25.6. The lowest BCUT2D eigenvalue weighted by molar-refractivity contribution is -0.123. The molecule has 1 N–H and O–H groups in total. The third-order valence-corrected chi connectivity index (χ3v) is 11.8. The molecule has 0 bridgehead atoms. The van der Waals surface area contributed by atoms with Crippen molar-refractivity contribution >= 4 is 85.2 Å². The summed E-state index contributed by atoms with van der Waals surface area (Å²) in [5.41, 5.74) is 12.9. The molecule has 2 amide bonds. The van der Waals surface area contributed by atoms with E-state index in [4.69, 9.17) is 9.84 Å². The van der Waals surface area contributed by atoms with E-state index in [9.17, 15) is 19.2 Å². The van der Waals surface area contributed by atoms with Crippen molar-refractivity contribution in [3.05, 3.63) is 203 Å². The molecule has 7 aromatic rings. The minimum atomic E-state index is -0.475. The topological polar surface area (TPSA) is 130 Å². The van der Waals surface area contributed by atoms with E-state index < -0.39 is 6.61 Å². The Morgan fingerprint density at radius 2 is 0.986 bits per heavy atom. The van der Waals surface area contributed by atoms with Crippen LogP contribution in [0.25, 0.3) is 22.3 Å². The van der Waals surface area contributed by atoms with Crippen LogP contribution in [0, 0.1) is 0 Å². The average Bonchev–Trinajstić information content (AvgIpc) is 4.02. The Kier molecular flexibility index (Phi) is 18.9. The van der Waals surface area contributed by atoms with Crippen LogP contribution < -0.4 is 9.80 Å². The SMILES string of the molecule is BrB(Br)Br.O=C(CCc1cccnc1)c1ccc(-c2ccc3c(c2)CCN3C(=O)CO)cc1.O=C(CCc1cccnc1)c1ccc(-c2ccc3c(c2)CCN3C(=O)COCc2ccccc2)cc1. The summed E-state index contributed by atoms with van der Waals surface area (Å²) in [5, 5.41) is 9.11. The number of ether oxygens (including phenoxy) is 1. The number of ketones is 2. The summed E-state index contributed by atoms with van der Waals surface area (Å²) < 4.78 is 5.92. The molecule has 10 nitrogen and oxygen atoms in total. The van der Waals surface area contributed by atoms with Crippen LogP contribution in [0.3, 0.4) is 0 Å². The van der Waals surface area contributed by atoms with Crippen LogP contribution in [0.4, 0.5) is 11.4 Å².